The first kappa shape index (κ1) is 18.2. The number of carbonyl (C=O) groups excluding carboxylic acids is 1. The molecule has 3 heterocycles. The van der Waals surface area contributed by atoms with Crippen molar-refractivity contribution in [2.45, 2.75) is 19.4 Å². The number of amides is 1. The van der Waals surface area contributed by atoms with E-state index in [1.807, 2.05) is 72.2 Å². The summed E-state index contributed by atoms with van der Waals surface area (Å²) in [6.45, 7) is 2.00. The van der Waals surface area contributed by atoms with E-state index >= 15 is 0 Å². The van der Waals surface area contributed by atoms with E-state index in [0.29, 0.717) is 11.3 Å². The Morgan fingerprint density at radius 1 is 1.20 bits per heavy atom. The molecule has 0 unspecified atom stereocenters. The molecule has 1 N–H and O–H groups in total. The fourth-order valence-electron chi connectivity index (χ4n) is 3.78. The summed E-state index contributed by atoms with van der Waals surface area (Å²) in [7, 11) is 1.59. The number of hydrogen-bond acceptors (Lipinski definition) is 4. The molecule has 1 aliphatic heterocycles. The predicted octanol–water partition coefficient (Wildman–Crippen LogP) is 4.59. The number of benzene rings is 2. The Morgan fingerprint density at radius 3 is 2.80 bits per heavy atom. The number of ether oxygens (including phenoxy) is 2. The van der Waals surface area contributed by atoms with Crippen molar-refractivity contribution in [2.24, 2.45) is 0 Å². The Hall–Kier alpha value is -3.80. The smallest absolute Gasteiger partial charge is 0.255 e. The van der Waals surface area contributed by atoms with Gasteiger partial charge in [-0.05, 0) is 43.3 Å². The van der Waals surface area contributed by atoms with Crippen molar-refractivity contribution < 1.29 is 14.3 Å². The zero-order valence-electron chi connectivity index (χ0n) is 16.8. The number of nitrogens with zero attached hydrogens (tertiary/aromatic N) is 2. The van der Waals surface area contributed by atoms with Crippen LogP contribution in [0.1, 0.15) is 22.8 Å². The molecule has 30 heavy (non-hydrogen) atoms. The van der Waals surface area contributed by atoms with Crippen LogP contribution in [-0.2, 0) is 6.42 Å². The van der Waals surface area contributed by atoms with E-state index in [0.717, 1.165) is 40.3 Å². The van der Waals surface area contributed by atoms with E-state index in [2.05, 4.69) is 10.3 Å². The number of anilines is 1. The maximum atomic E-state index is 12.8. The highest BCUT2D eigenvalue weighted by Crippen LogP contribution is 2.39. The molecule has 4 aromatic rings. The van der Waals surface area contributed by atoms with E-state index in [1.165, 1.54) is 0 Å². The summed E-state index contributed by atoms with van der Waals surface area (Å²) < 4.78 is 13.2. The Labute approximate surface area is 174 Å². The standard InChI is InChI=1S/C24H21N3O3/c1-15-11-17-12-18(13-21(29-2)23(17)30-15)24(28)25-19-8-6-16(7-9-19)20-14-27-10-4-3-5-22(27)26-20/h3-10,12-15H,11H2,1-2H3,(H,25,28)/t15-/m0/s1. The van der Waals surface area contributed by atoms with Crippen LogP contribution in [0.15, 0.2) is 67.0 Å². The second kappa shape index (κ2) is 7.22. The number of pyridine rings is 1. The SMILES string of the molecule is COc1cc(C(=O)Nc2ccc(-c3cn4ccccc4n3)cc2)cc2c1O[C@@H](C)C2. The van der Waals surface area contributed by atoms with Crippen molar-refractivity contribution >= 4 is 17.2 Å². The molecule has 2 aromatic carbocycles. The molecule has 5 rings (SSSR count). The Bertz CT molecular complexity index is 1210. The minimum atomic E-state index is -0.184. The minimum Gasteiger partial charge on any atom is -0.493 e. The maximum absolute atomic E-state index is 12.8. The topological polar surface area (TPSA) is 64.9 Å². The molecule has 2 aromatic heterocycles. The van der Waals surface area contributed by atoms with Crippen molar-refractivity contribution in [3.63, 3.8) is 0 Å². The number of nitrogens with one attached hydrogen (secondary N) is 1. The van der Waals surface area contributed by atoms with Crippen LogP contribution in [-0.4, -0.2) is 28.5 Å². The van der Waals surface area contributed by atoms with E-state index in [4.69, 9.17) is 9.47 Å². The third-order valence-electron chi connectivity index (χ3n) is 5.24. The van der Waals surface area contributed by atoms with Crippen molar-refractivity contribution in [3.8, 4) is 22.8 Å². The fraction of sp³-hybridized carbons (Fsp3) is 0.167. The molecule has 0 aliphatic carbocycles. The van der Waals surface area contributed by atoms with Crippen LogP contribution in [0, 0.1) is 0 Å². The lowest BCUT2D eigenvalue weighted by molar-refractivity contribution is 0.102. The van der Waals surface area contributed by atoms with Crippen molar-refractivity contribution in [1.29, 1.82) is 0 Å². The molecule has 0 radical (unpaired) electrons. The van der Waals surface area contributed by atoms with Gasteiger partial charge in [-0.25, -0.2) is 4.98 Å². The third-order valence-corrected chi connectivity index (χ3v) is 5.24. The van der Waals surface area contributed by atoms with E-state index < -0.39 is 0 Å². The summed E-state index contributed by atoms with van der Waals surface area (Å²) in [6, 6.07) is 17.2. The predicted molar refractivity (Wildman–Crippen MR) is 115 cm³/mol. The van der Waals surface area contributed by atoms with Gasteiger partial charge in [-0.3, -0.25) is 4.79 Å². The first-order valence-electron chi connectivity index (χ1n) is 9.84. The molecule has 0 bridgehead atoms. The number of carbonyl (C=O) groups is 1. The Balaban J connectivity index is 1.36. The van der Waals surface area contributed by atoms with Crippen molar-refractivity contribution in [3.05, 3.63) is 78.1 Å². The monoisotopic (exact) mass is 399 g/mol. The third kappa shape index (κ3) is 3.26. The van der Waals surface area contributed by atoms with Gasteiger partial charge in [-0.2, -0.15) is 0 Å². The van der Waals surface area contributed by atoms with Gasteiger partial charge >= 0.3 is 0 Å². The first-order chi connectivity index (χ1) is 14.6. The molecule has 6 nitrogen and oxygen atoms in total. The van der Waals surface area contributed by atoms with Crippen LogP contribution in [0.4, 0.5) is 5.69 Å². The van der Waals surface area contributed by atoms with Crippen LogP contribution in [0.3, 0.4) is 0 Å². The minimum absolute atomic E-state index is 0.0827. The summed E-state index contributed by atoms with van der Waals surface area (Å²) >= 11 is 0. The molecular weight excluding hydrogens is 378 g/mol. The van der Waals surface area contributed by atoms with Crippen LogP contribution in [0.5, 0.6) is 11.5 Å². The molecule has 0 saturated heterocycles. The average molecular weight is 399 g/mol. The summed E-state index contributed by atoms with van der Waals surface area (Å²) in [5, 5.41) is 2.96. The highest BCUT2D eigenvalue weighted by atomic mass is 16.5. The number of fused-ring (bicyclic) bond motifs is 2. The highest BCUT2D eigenvalue weighted by Gasteiger charge is 2.25. The quantitative estimate of drug-likeness (QED) is 0.545. The van der Waals surface area contributed by atoms with Gasteiger partial charge < -0.3 is 19.2 Å². The Morgan fingerprint density at radius 2 is 2.03 bits per heavy atom. The van der Waals surface area contributed by atoms with Gasteiger partial charge in [0.05, 0.1) is 12.8 Å². The number of methoxy groups -OCH3 is 1. The largest absolute Gasteiger partial charge is 0.493 e. The lowest BCUT2D eigenvalue weighted by Gasteiger charge is -2.11. The van der Waals surface area contributed by atoms with Gasteiger partial charge in [0.2, 0.25) is 0 Å². The molecule has 0 spiro atoms. The highest BCUT2D eigenvalue weighted by molar-refractivity contribution is 6.05. The zero-order valence-corrected chi connectivity index (χ0v) is 16.8. The van der Waals surface area contributed by atoms with Crippen molar-refractivity contribution in [2.75, 3.05) is 12.4 Å². The zero-order chi connectivity index (χ0) is 20.7. The van der Waals surface area contributed by atoms with E-state index in [-0.39, 0.29) is 12.0 Å². The fourth-order valence-corrected chi connectivity index (χ4v) is 3.78. The number of aromatic nitrogens is 2. The number of hydrogen-bond donors (Lipinski definition) is 1. The first-order valence-corrected chi connectivity index (χ1v) is 9.84. The van der Waals surface area contributed by atoms with Gasteiger partial charge in [0.1, 0.15) is 11.8 Å². The average Bonchev–Trinajstić information content (AvgIpc) is 3.36. The molecule has 0 saturated carbocycles. The molecule has 1 aliphatic rings. The number of rotatable bonds is 4. The molecule has 0 fully saturated rings. The molecule has 6 heteroatoms. The normalized spacial score (nSPS) is 14.9. The van der Waals surface area contributed by atoms with Gasteiger partial charge in [0, 0.05) is 41.2 Å². The molecule has 1 atom stereocenters. The Kier molecular flexibility index (Phi) is 4.39. The number of imidazole rings is 1. The molecule has 150 valence electrons. The van der Waals surface area contributed by atoms with Crippen LogP contribution < -0.4 is 14.8 Å². The van der Waals surface area contributed by atoms with Crippen molar-refractivity contribution in [1.82, 2.24) is 9.38 Å². The summed E-state index contributed by atoms with van der Waals surface area (Å²) in [5.41, 5.74) is 5.03. The van der Waals surface area contributed by atoms with Crippen LogP contribution >= 0.6 is 0 Å². The van der Waals surface area contributed by atoms with Gasteiger partial charge in [-0.15, -0.1) is 0 Å². The maximum Gasteiger partial charge on any atom is 0.255 e. The van der Waals surface area contributed by atoms with Gasteiger partial charge in [0.15, 0.2) is 11.5 Å². The van der Waals surface area contributed by atoms with Gasteiger partial charge in [0.25, 0.3) is 5.91 Å². The van der Waals surface area contributed by atoms with E-state index in [9.17, 15) is 4.79 Å². The van der Waals surface area contributed by atoms with Crippen LogP contribution in [0.2, 0.25) is 0 Å². The second-order valence-electron chi connectivity index (χ2n) is 7.42. The summed E-state index contributed by atoms with van der Waals surface area (Å²) in [6.07, 6.45) is 4.81. The summed E-state index contributed by atoms with van der Waals surface area (Å²) in [4.78, 5) is 17.4. The molecular formula is C24H21N3O3. The molecule has 1 amide bonds. The lowest BCUT2D eigenvalue weighted by atomic mass is 10.1. The second-order valence-corrected chi connectivity index (χ2v) is 7.42. The van der Waals surface area contributed by atoms with E-state index in [1.54, 1.807) is 13.2 Å². The van der Waals surface area contributed by atoms with Crippen LogP contribution in [0.25, 0.3) is 16.9 Å². The summed E-state index contributed by atoms with van der Waals surface area (Å²) in [5.74, 6) is 1.14. The lowest BCUT2D eigenvalue weighted by Crippen LogP contribution is -2.12. The van der Waals surface area contributed by atoms with Gasteiger partial charge in [-0.1, -0.05) is 18.2 Å².